The summed E-state index contributed by atoms with van der Waals surface area (Å²) in [5, 5.41) is 11.2. The summed E-state index contributed by atoms with van der Waals surface area (Å²) in [7, 11) is 0. The van der Waals surface area contributed by atoms with Gasteiger partial charge in [-0.15, -0.1) is 0 Å². The second-order valence-corrected chi connectivity index (χ2v) is 5.85. The highest BCUT2D eigenvalue weighted by atomic mass is 19.4. The fraction of sp³-hybridized carbons (Fsp3) is 0.467. The summed E-state index contributed by atoms with van der Waals surface area (Å²) in [5.74, 6) is -5.57. The van der Waals surface area contributed by atoms with Gasteiger partial charge in [-0.2, -0.15) is 26.3 Å². The van der Waals surface area contributed by atoms with Gasteiger partial charge in [0, 0.05) is 19.6 Å². The summed E-state index contributed by atoms with van der Waals surface area (Å²) >= 11 is 0. The van der Waals surface area contributed by atoms with Gasteiger partial charge in [-0.25, -0.2) is 4.79 Å². The van der Waals surface area contributed by atoms with Gasteiger partial charge in [-0.05, 0) is 17.7 Å². The molecule has 1 fully saturated rings. The lowest BCUT2D eigenvalue weighted by Crippen LogP contribution is -2.39. The number of carboxylic acids is 1. The van der Waals surface area contributed by atoms with Crippen LogP contribution in [0.5, 0.6) is 0 Å². The highest BCUT2D eigenvalue weighted by molar-refractivity contribution is 5.77. The molecular weight excluding hydrogens is 370 g/mol. The minimum atomic E-state index is -4.76. The Morgan fingerprint density at radius 1 is 1.08 bits per heavy atom. The molecule has 0 unspecified atom stereocenters. The lowest BCUT2D eigenvalue weighted by Gasteiger charge is -2.18. The van der Waals surface area contributed by atoms with Gasteiger partial charge in [0.15, 0.2) is 0 Å². The van der Waals surface area contributed by atoms with Crippen LogP contribution in [-0.2, 0) is 17.5 Å². The van der Waals surface area contributed by atoms with Crippen molar-refractivity contribution in [2.45, 2.75) is 18.9 Å². The number of halogens is 6. The van der Waals surface area contributed by atoms with Gasteiger partial charge in [0.1, 0.15) is 0 Å². The minimum Gasteiger partial charge on any atom is -0.481 e. The smallest absolute Gasteiger partial charge is 0.416 e. The first-order valence-corrected chi connectivity index (χ1v) is 7.38. The van der Waals surface area contributed by atoms with Crippen molar-refractivity contribution < 1.29 is 41.0 Å². The molecule has 0 saturated carbocycles. The quantitative estimate of drug-likeness (QED) is 0.787. The molecule has 11 heteroatoms. The Bertz CT molecular complexity index is 671. The van der Waals surface area contributed by atoms with E-state index >= 15 is 0 Å². The highest BCUT2D eigenvalue weighted by Crippen LogP contribution is 2.37. The summed E-state index contributed by atoms with van der Waals surface area (Å²) in [6.45, 7) is -1.60. The van der Waals surface area contributed by atoms with Crippen LogP contribution in [0, 0.1) is 11.8 Å². The van der Waals surface area contributed by atoms with Crippen LogP contribution in [0.15, 0.2) is 24.3 Å². The van der Waals surface area contributed by atoms with E-state index in [1.807, 2.05) is 0 Å². The number of alkyl halides is 6. The molecule has 144 valence electrons. The molecule has 0 aromatic heterocycles. The van der Waals surface area contributed by atoms with Crippen molar-refractivity contribution >= 4 is 12.0 Å². The van der Waals surface area contributed by atoms with Crippen LogP contribution in [0.25, 0.3) is 0 Å². The van der Waals surface area contributed by atoms with Crippen molar-refractivity contribution in [2.75, 3.05) is 13.1 Å². The van der Waals surface area contributed by atoms with E-state index in [4.69, 9.17) is 5.11 Å². The Balaban J connectivity index is 1.97. The predicted octanol–water partition coefficient (Wildman–Crippen LogP) is 3.11. The van der Waals surface area contributed by atoms with E-state index in [9.17, 15) is 35.9 Å². The van der Waals surface area contributed by atoms with Crippen molar-refractivity contribution in [3.8, 4) is 0 Å². The molecule has 0 radical (unpaired) electrons. The van der Waals surface area contributed by atoms with Gasteiger partial charge in [-0.1, -0.05) is 12.1 Å². The number of nitrogens with one attached hydrogen (secondary N) is 1. The molecule has 2 amide bonds. The maximum Gasteiger partial charge on any atom is 0.416 e. The topological polar surface area (TPSA) is 69.6 Å². The van der Waals surface area contributed by atoms with E-state index in [0.717, 1.165) is 29.2 Å². The Hall–Kier alpha value is -2.46. The van der Waals surface area contributed by atoms with Gasteiger partial charge in [0.05, 0.1) is 17.4 Å². The zero-order chi connectivity index (χ0) is 19.7. The molecule has 1 saturated heterocycles. The number of aliphatic carboxylic acids is 1. The van der Waals surface area contributed by atoms with E-state index < -0.39 is 54.8 Å². The number of carbonyl (C=O) groups is 2. The highest BCUT2D eigenvalue weighted by Gasteiger charge is 2.53. The Kier molecular flexibility index (Phi) is 5.38. The second kappa shape index (κ2) is 7.04. The maximum absolute atomic E-state index is 12.9. The van der Waals surface area contributed by atoms with Crippen LogP contribution in [0.4, 0.5) is 31.1 Å². The number of rotatable bonds is 3. The molecule has 26 heavy (non-hydrogen) atoms. The molecule has 1 aromatic rings. The van der Waals surface area contributed by atoms with Crippen LogP contribution in [-0.4, -0.2) is 41.3 Å². The number of likely N-dealkylation sites (tertiary alicyclic amines) is 1. The van der Waals surface area contributed by atoms with E-state index in [1.165, 1.54) is 0 Å². The molecule has 2 N–H and O–H groups in total. The largest absolute Gasteiger partial charge is 0.481 e. The van der Waals surface area contributed by atoms with Crippen LogP contribution in [0.2, 0.25) is 0 Å². The molecule has 2 rings (SSSR count). The van der Waals surface area contributed by atoms with Crippen molar-refractivity contribution in [2.24, 2.45) is 11.8 Å². The normalized spacial score (nSPS) is 20.9. The summed E-state index contributed by atoms with van der Waals surface area (Å²) in [4.78, 5) is 23.7. The first-order valence-electron chi connectivity index (χ1n) is 7.38. The van der Waals surface area contributed by atoms with Crippen molar-refractivity contribution in [3.63, 3.8) is 0 Å². The molecule has 5 nitrogen and oxygen atoms in total. The summed E-state index contributed by atoms with van der Waals surface area (Å²) < 4.78 is 76.0. The number of hydrogen-bond donors (Lipinski definition) is 2. The minimum absolute atomic E-state index is 0.206. The van der Waals surface area contributed by atoms with Gasteiger partial charge in [-0.3, -0.25) is 4.79 Å². The van der Waals surface area contributed by atoms with E-state index in [0.29, 0.717) is 5.56 Å². The van der Waals surface area contributed by atoms with E-state index in [2.05, 4.69) is 5.32 Å². The van der Waals surface area contributed by atoms with Crippen molar-refractivity contribution in [1.82, 2.24) is 10.2 Å². The number of urea groups is 1. The van der Waals surface area contributed by atoms with Gasteiger partial charge < -0.3 is 15.3 Å². The van der Waals surface area contributed by atoms with E-state index in [1.54, 1.807) is 0 Å². The fourth-order valence-electron chi connectivity index (χ4n) is 2.65. The van der Waals surface area contributed by atoms with Crippen LogP contribution < -0.4 is 5.32 Å². The Labute approximate surface area is 143 Å². The number of carboxylic acid groups (broad SMARTS) is 1. The lowest BCUT2D eigenvalue weighted by atomic mass is 9.96. The molecule has 0 aliphatic carbocycles. The Morgan fingerprint density at radius 3 is 2.08 bits per heavy atom. The van der Waals surface area contributed by atoms with Crippen LogP contribution >= 0.6 is 0 Å². The van der Waals surface area contributed by atoms with Crippen LogP contribution in [0.1, 0.15) is 11.1 Å². The number of carbonyl (C=O) groups excluding carboxylic acids is 1. The first kappa shape index (κ1) is 19.9. The summed E-state index contributed by atoms with van der Waals surface area (Å²) in [6, 6.07) is 2.98. The molecule has 0 bridgehead atoms. The second-order valence-electron chi connectivity index (χ2n) is 5.85. The monoisotopic (exact) mass is 384 g/mol. The predicted molar refractivity (Wildman–Crippen MR) is 75.9 cm³/mol. The molecule has 1 aliphatic rings. The SMILES string of the molecule is O=C(O)[C@@H]1CN(C(=O)NCc2ccc(C(F)(F)F)cc2)C[C@H]1C(F)(F)F. The zero-order valence-electron chi connectivity index (χ0n) is 13.1. The number of nitrogens with zero attached hydrogens (tertiary/aromatic N) is 1. The molecular formula is C15H14F6N2O3. The molecule has 2 atom stereocenters. The van der Waals surface area contributed by atoms with Crippen molar-refractivity contribution in [3.05, 3.63) is 35.4 Å². The van der Waals surface area contributed by atoms with Crippen molar-refractivity contribution in [1.29, 1.82) is 0 Å². The van der Waals surface area contributed by atoms with Gasteiger partial charge in [0.2, 0.25) is 0 Å². The average molecular weight is 384 g/mol. The van der Waals surface area contributed by atoms with E-state index in [-0.39, 0.29) is 6.54 Å². The van der Waals surface area contributed by atoms with Crippen LogP contribution in [0.3, 0.4) is 0 Å². The molecule has 1 aromatic carbocycles. The third kappa shape index (κ3) is 4.58. The maximum atomic E-state index is 12.9. The van der Waals surface area contributed by atoms with Gasteiger partial charge >= 0.3 is 24.4 Å². The Morgan fingerprint density at radius 2 is 1.65 bits per heavy atom. The first-order chi connectivity index (χ1) is 11.9. The zero-order valence-corrected chi connectivity index (χ0v) is 13.1. The molecule has 0 spiro atoms. The third-order valence-electron chi connectivity index (χ3n) is 4.07. The number of benzene rings is 1. The standard InChI is InChI=1S/C15H14F6N2O3/c16-14(17,18)9-3-1-8(2-4-9)5-22-13(26)23-6-10(12(24)25)11(7-23)15(19,20)21/h1-4,10-11H,5-7H2,(H,22,26)(H,24,25)/t10-,11-/m1/s1. The van der Waals surface area contributed by atoms with Gasteiger partial charge in [0.25, 0.3) is 0 Å². The third-order valence-corrected chi connectivity index (χ3v) is 4.07. The number of hydrogen-bond acceptors (Lipinski definition) is 2. The summed E-state index contributed by atoms with van der Waals surface area (Å²) in [5.41, 5.74) is -0.558. The average Bonchev–Trinajstić information content (AvgIpc) is 2.98. The fourth-order valence-corrected chi connectivity index (χ4v) is 2.65. The number of amides is 2. The molecule has 1 aliphatic heterocycles. The molecule has 1 heterocycles. The lowest BCUT2D eigenvalue weighted by molar-refractivity contribution is -0.187. The summed E-state index contributed by atoms with van der Waals surface area (Å²) in [6.07, 6.45) is -9.26.